The van der Waals surface area contributed by atoms with Gasteiger partial charge in [0.1, 0.15) is 5.84 Å². The molecular formula is C11H17N3. The van der Waals surface area contributed by atoms with Crippen LogP contribution in [0.25, 0.3) is 0 Å². The molecule has 0 saturated carbocycles. The number of allylic oxidation sites excluding steroid dienone is 1. The van der Waals surface area contributed by atoms with Crippen LogP contribution in [0, 0.1) is 5.92 Å². The van der Waals surface area contributed by atoms with Crippen molar-refractivity contribution in [3.8, 4) is 0 Å². The van der Waals surface area contributed by atoms with Crippen LogP contribution in [-0.4, -0.2) is 18.6 Å². The molecular weight excluding hydrogens is 174 g/mol. The van der Waals surface area contributed by atoms with Crippen LogP contribution in [0.15, 0.2) is 34.9 Å². The highest BCUT2D eigenvalue weighted by atomic mass is 15.3. The molecule has 0 aromatic rings. The number of hydrazone groups is 1. The lowest BCUT2D eigenvalue weighted by Crippen LogP contribution is -2.29. The monoisotopic (exact) mass is 191 g/mol. The SMILES string of the molecule is C=CC1CCC(NN=C)=NC1/C=C\C. The van der Waals surface area contributed by atoms with Crippen molar-refractivity contribution in [1.29, 1.82) is 0 Å². The van der Waals surface area contributed by atoms with Gasteiger partial charge in [-0.25, -0.2) is 0 Å². The second kappa shape index (κ2) is 5.37. The van der Waals surface area contributed by atoms with E-state index in [-0.39, 0.29) is 6.04 Å². The van der Waals surface area contributed by atoms with Crippen LogP contribution in [0.4, 0.5) is 0 Å². The number of hydrogen-bond donors (Lipinski definition) is 1. The lowest BCUT2D eigenvalue weighted by atomic mass is 9.91. The largest absolute Gasteiger partial charge is 0.266 e. The molecule has 1 aliphatic rings. The molecule has 3 nitrogen and oxygen atoms in total. The Morgan fingerprint density at radius 2 is 2.43 bits per heavy atom. The van der Waals surface area contributed by atoms with Crippen LogP contribution in [-0.2, 0) is 0 Å². The van der Waals surface area contributed by atoms with Gasteiger partial charge in [-0.05, 0) is 13.3 Å². The molecule has 1 rings (SSSR count). The Kier molecular flexibility index (Phi) is 4.11. The van der Waals surface area contributed by atoms with Crippen molar-refractivity contribution in [1.82, 2.24) is 5.43 Å². The summed E-state index contributed by atoms with van der Waals surface area (Å²) < 4.78 is 0. The number of hydrogen-bond acceptors (Lipinski definition) is 3. The predicted molar refractivity (Wildman–Crippen MR) is 61.6 cm³/mol. The topological polar surface area (TPSA) is 36.8 Å². The van der Waals surface area contributed by atoms with Gasteiger partial charge < -0.3 is 0 Å². The van der Waals surface area contributed by atoms with E-state index in [1.807, 2.05) is 19.1 Å². The Labute approximate surface area is 85.3 Å². The molecule has 1 heterocycles. The fourth-order valence-corrected chi connectivity index (χ4v) is 1.63. The minimum Gasteiger partial charge on any atom is -0.266 e. The van der Waals surface area contributed by atoms with Gasteiger partial charge in [0.25, 0.3) is 0 Å². The van der Waals surface area contributed by atoms with E-state index in [0.717, 1.165) is 18.7 Å². The zero-order valence-corrected chi connectivity index (χ0v) is 8.61. The second-order valence-corrected chi connectivity index (χ2v) is 3.30. The van der Waals surface area contributed by atoms with Gasteiger partial charge in [-0.2, -0.15) is 5.10 Å². The highest BCUT2D eigenvalue weighted by Gasteiger charge is 2.21. The first-order chi connectivity index (χ1) is 6.81. The molecule has 0 amide bonds. The lowest BCUT2D eigenvalue weighted by Gasteiger charge is -2.24. The third-order valence-electron chi connectivity index (χ3n) is 2.36. The number of nitrogens with zero attached hydrogens (tertiary/aromatic N) is 2. The summed E-state index contributed by atoms with van der Waals surface area (Å²) in [5, 5.41) is 3.62. The average Bonchev–Trinajstić information content (AvgIpc) is 2.19. The second-order valence-electron chi connectivity index (χ2n) is 3.30. The van der Waals surface area contributed by atoms with E-state index in [0.29, 0.717) is 5.92 Å². The van der Waals surface area contributed by atoms with E-state index in [1.165, 1.54) is 0 Å². The average molecular weight is 191 g/mol. The maximum atomic E-state index is 4.53. The smallest absolute Gasteiger partial charge is 0.117 e. The van der Waals surface area contributed by atoms with Crippen LogP contribution in [0.3, 0.4) is 0 Å². The number of rotatable bonds is 3. The summed E-state index contributed by atoms with van der Waals surface area (Å²) in [7, 11) is 0. The summed E-state index contributed by atoms with van der Waals surface area (Å²) in [6.07, 6.45) is 8.08. The maximum Gasteiger partial charge on any atom is 0.117 e. The summed E-state index contributed by atoms with van der Waals surface area (Å²) in [6.45, 7) is 9.22. The molecule has 0 spiro atoms. The minimum atomic E-state index is 0.204. The Balaban J connectivity index is 2.76. The standard InChI is InChI=1S/C11H17N3/c1-4-6-10-9(5-2)7-8-11(13-10)14-12-3/h4-6,9-10H,2-3,7-8H2,1H3,(H,13,14)/b6-4-. The minimum absolute atomic E-state index is 0.204. The molecule has 1 N–H and O–H groups in total. The van der Waals surface area contributed by atoms with Gasteiger partial charge in [0.15, 0.2) is 0 Å². The highest BCUT2D eigenvalue weighted by Crippen LogP contribution is 2.22. The molecule has 0 aliphatic carbocycles. The summed E-state index contributed by atoms with van der Waals surface area (Å²) in [5.41, 5.74) is 2.81. The molecule has 14 heavy (non-hydrogen) atoms. The van der Waals surface area contributed by atoms with Gasteiger partial charge in [-0.15, -0.1) is 6.58 Å². The van der Waals surface area contributed by atoms with Crippen LogP contribution in [0.2, 0.25) is 0 Å². The molecule has 76 valence electrons. The quantitative estimate of drug-likeness (QED) is 0.414. The van der Waals surface area contributed by atoms with Crippen LogP contribution < -0.4 is 5.43 Å². The summed E-state index contributed by atoms with van der Waals surface area (Å²) in [4.78, 5) is 4.53. The Morgan fingerprint density at radius 3 is 3.00 bits per heavy atom. The Bertz CT molecular complexity index is 266. The number of nitrogens with one attached hydrogen (secondary N) is 1. The van der Waals surface area contributed by atoms with Crippen molar-refractivity contribution < 1.29 is 0 Å². The Morgan fingerprint density at radius 1 is 1.64 bits per heavy atom. The van der Waals surface area contributed by atoms with Crippen molar-refractivity contribution in [3.05, 3.63) is 24.8 Å². The van der Waals surface area contributed by atoms with Crippen molar-refractivity contribution >= 4 is 12.6 Å². The highest BCUT2D eigenvalue weighted by molar-refractivity contribution is 5.83. The molecule has 0 saturated heterocycles. The van der Waals surface area contributed by atoms with Crippen LogP contribution >= 0.6 is 0 Å². The number of aliphatic imine (C=N–C) groups is 1. The molecule has 0 aromatic carbocycles. The third-order valence-corrected chi connectivity index (χ3v) is 2.36. The molecule has 2 atom stereocenters. The van der Waals surface area contributed by atoms with E-state index < -0.39 is 0 Å². The van der Waals surface area contributed by atoms with Gasteiger partial charge in [-0.3, -0.25) is 10.4 Å². The van der Waals surface area contributed by atoms with Gasteiger partial charge >= 0.3 is 0 Å². The van der Waals surface area contributed by atoms with Gasteiger partial charge in [-0.1, -0.05) is 18.2 Å². The van der Waals surface area contributed by atoms with Gasteiger partial charge in [0.05, 0.1) is 6.04 Å². The molecule has 0 radical (unpaired) electrons. The lowest BCUT2D eigenvalue weighted by molar-refractivity contribution is 0.514. The molecule has 3 heteroatoms. The fraction of sp³-hybridized carbons (Fsp3) is 0.455. The zero-order valence-electron chi connectivity index (χ0n) is 8.61. The zero-order chi connectivity index (χ0) is 10.4. The third kappa shape index (κ3) is 2.55. The van der Waals surface area contributed by atoms with Crippen molar-refractivity contribution in [3.63, 3.8) is 0 Å². The first kappa shape index (κ1) is 10.7. The molecule has 0 bridgehead atoms. The normalized spacial score (nSPS) is 27.1. The van der Waals surface area contributed by atoms with E-state index in [2.05, 4.69) is 34.9 Å². The molecule has 1 aliphatic heterocycles. The van der Waals surface area contributed by atoms with Gasteiger partial charge in [0, 0.05) is 19.1 Å². The van der Waals surface area contributed by atoms with Crippen molar-refractivity contribution in [2.45, 2.75) is 25.8 Å². The summed E-state index contributed by atoms with van der Waals surface area (Å²) in [6, 6.07) is 0.204. The first-order valence-electron chi connectivity index (χ1n) is 4.85. The Hall–Kier alpha value is -1.38. The van der Waals surface area contributed by atoms with Crippen LogP contribution in [0.1, 0.15) is 19.8 Å². The van der Waals surface area contributed by atoms with Crippen molar-refractivity contribution in [2.24, 2.45) is 16.0 Å². The molecule has 0 aromatic heterocycles. The van der Waals surface area contributed by atoms with E-state index >= 15 is 0 Å². The molecule has 0 fully saturated rings. The maximum absolute atomic E-state index is 4.53. The van der Waals surface area contributed by atoms with E-state index in [1.54, 1.807) is 0 Å². The van der Waals surface area contributed by atoms with E-state index in [4.69, 9.17) is 0 Å². The van der Waals surface area contributed by atoms with Gasteiger partial charge in [0.2, 0.25) is 0 Å². The summed E-state index contributed by atoms with van der Waals surface area (Å²) >= 11 is 0. The summed E-state index contributed by atoms with van der Waals surface area (Å²) in [5.74, 6) is 1.36. The van der Waals surface area contributed by atoms with Crippen molar-refractivity contribution in [2.75, 3.05) is 0 Å². The molecule has 2 unspecified atom stereocenters. The van der Waals surface area contributed by atoms with E-state index in [9.17, 15) is 0 Å². The number of amidine groups is 1. The predicted octanol–water partition coefficient (Wildman–Crippen LogP) is 2.13. The first-order valence-corrected chi connectivity index (χ1v) is 4.85. The fourth-order valence-electron chi connectivity index (χ4n) is 1.63. The van der Waals surface area contributed by atoms with Crippen LogP contribution in [0.5, 0.6) is 0 Å².